The predicted molar refractivity (Wildman–Crippen MR) is 124 cm³/mol. The standard InChI is InChI=1S/C22H20N2O6S2/c1-27-15-6-4-14(11-17(15)28-2)20(25)23-7-8-24-21(26)19(32-22(24)31)10-13-3-5-16-18(9-13)30-12-29-16/h3-6,9-11H,7-8,12H2,1-2H3,(H,23,25)/b19-10-. The Hall–Kier alpha value is -3.24. The summed E-state index contributed by atoms with van der Waals surface area (Å²) in [7, 11) is 3.03. The SMILES string of the molecule is COc1ccc(C(=O)NCCN2C(=O)/C(=C/c3ccc4c(c3)OCO4)SC2=S)cc1OC. The second kappa shape index (κ2) is 9.49. The summed E-state index contributed by atoms with van der Waals surface area (Å²) in [6, 6.07) is 10.4. The third-order valence-corrected chi connectivity index (χ3v) is 6.21. The van der Waals surface area contributed by atoms with Gasteiger partial charge >= 0.3 is 0 Å². The first-order valence-electron chi connectivity index (χ1n) is 9.65. The zero-order valence-corrected chi connectivity index (χ0v) is 19.0. The van der Waals surface area contributed by atoms with Gasteiger partial charge in [0.05, 0.1) is 19.1 Å². The Morgan fingerprint density at radius 1 is 1.16 bits per heavy atom. The maximum Gasteiger partial charge on any atom is 0.266 e. The first kappa shape index (κ1) is 22.0. The molecule has 0 saturated carbocycles. The molecule has 2 aromatic carbocycles. The van der Waals surface area contributed by atoms with Crippen LogP contribution in [0.3, 0.4) is 0 Å². The zero-order valence-electron chi connectivity index (χ0n) is 17.4. The summed E-state index contributed by atoms with van der Waals surface area (Å²) in [6.45, 7) is 0.703. The molecule has 1 fully saturated rings. The number of methoxy groups -OCH3 is 2. The van der Waals surface area contributed by atoms with Crippen molar-refractivity contribution in [1.82, 2.24) is 10.2 Å². The molecule has 8 nitrogen and oxygen atoms in total. The number of hydrogen-bond acceptors (Lipinski definition) is 8. The lowest BCUT2D eigenvalue weighted by Crippen LogP contribution is -2.37. The van der Waals surface area contributed by atoms with Crippen LogP contribution in [0.15, 0.2) is 41.3 Å². The number of amides is 2. The minimum absolute atomic E-state index is 0.190. The van der Waals surface area contributed by atoms with Crippen molar-refractivity contribution in [2.45, 2.75) is 0 Å². The highest BCUT2D eigenvalue weighted by atomic mass is 32.2. The van der Waals surface area contributed by atoms with E-state index in [1.807, 2.05) is 12.1 Å². The van der Waals surface area contributed by atoms with Gasteiger partial charge in [-0.25, -0.2) is 0 Å². The normalized spacial score (nSPS) is 15.9. The Labute approximate surface area is 194 Å². The Morgan fingerprint density at radius 3 is 2.72 bits per heavy atom. The van der Waals surface area contributed by atoms with E-state index in [1.54, 1.807) is 30.3 Å². The van der Waals surface area contributed by atoms with Crippen LogP contribution in [0.25, 0.3) is 6.08 Å². The van der Waals surface area contributed by atoms with Crippen LogP contribution in [0.1, 0.15) is 15.9 Å². The van der Waals surface area contributed by atoms with Crippen LogP contribution in [0.5, 0.6) is 23.0 Å². The van der Waals surface area contributed by atoms with Crippen LogP contribution in [0.2, 0.25) is 0 Å². The van der Waals surface area contributed by atoms with Gasteiger partial charge in [0, 0.05) is 18.7 Å². The highest BCUT2D eigenvalue weighted by Gasteiger charge is 2.31. The van der Waals surface area contributed by atoms with Crippen molar-refractivity contribution < 1.29 is 28.5 Å². The molecule has 2 aliphatic rings. The summed E-state index contributed by atoms with van der Waals surface area (Å²) in [5.41, 5.74) is 1.24. The van der Waals surface area contributed by atoms with Crippen LogP contribution >= 0.6 is 24.0 Å². The lowest BCUT2D eigenvalue weighted by atomic mass is 10.2. The monoisotopic (exact) mass is 472 g/mol. The number of hydrogen-bond donors (Lipinski definition) is 1. The minimum atomic E-state index is -0.285. The highest BCUT2D eigenvalue weighted by molar-refractivity contribution is 8.26. The smallest absolute Gasteiger partial charge is 0.266 e. The van der Waals surface area contributed by atoms with Crippen molar-refractivity contribution in [3.63, 3.8) is 0 Å². The van der Waals surface area contributed by atoms with Gasteiger partial charge in [0.15, 0.2) is 23.0 Å². The van der Waals surface area contributed by atoms with Gasteiger partial charge in [-0.3, -0.25) is 14.5 Å². The van der Waals surface area contributed by atoms with E-state index in [2.05, 4.69) is 5.32 Å². The van der Waals surface area contributed by atoms with Crippen LogP contribution in [0, 0.1) is 0 Å². The number of ether oxygens (including phenoxy) is 4. The van der Waals surface area contributed by atoms with Gasteiger partial charge in [-0.15, -0.1) is 0 Å². The van der Waals surface area contributed by atoms with Crippen LogP contribution in [-0.4, -0.2) is 55.1 Å². The minimum Gasteiger partial charge on any atom is -0.493 e. The van der Waals surface area contributed by atoms with Gasteiger partial charge < -0.3 is 24.3 Å². The molecule has 1 saturated heterocycles. The molecule has 2 heterocycles. The number of carbonyl (C=O) groups excluding carboxylic acids is 2. The topological polar surface area (TPSA) is 86.3 Å². The summed E-state index contributed by atoms with van der Waals surface area (Å²) >= 11 is 6.59. The maximum absolute atomic E-state index is 12.8. The number of thioether (sulfide) groups is 1. The number of thiocarbonyl (C=S) groups is 1. The first-order chi connectivity index (χ1) is 15.5. The molecule has 166 valence electrons. The second-order valence-electron chi connectivity index (χ2n) is 6.77. The van der Waals surface area contributed by atoms with Gasteiger partial charge in [0.25, 0.3) is 11.8 Å². The number of carbonyl (C=O) groups is 2. The largest absolute Gasteiger partial charge is 0.493 e. The molecule has 32 heavy (non-hydrogen) atoms. The molecule has 2 amide bonds. The van der Waals surface area contributed by atoms with Crippen molar-refractivity contribution in [3.05, 3.63) is 52.4 Å². The molecule has 0 radical (unpaired) electrons. The number of nitrogens with zero attached hydrogens (tertiary/aromatic N) is 1. The molecule has 0 unspecified atom stereocenters. The Balaban J connectivity index is 1.36. The van der Waals surface area contributed by atoms with E-state index >= 15 is 0 Å². The molecular formula is C22H20N2O6S2. The molecule has 0 atom stereocenters. The molecule has 4 rings (SSSR count). The first-order valence-corrected chi connectivity index (χ1v) is 10.9. The van der Waals surface area contributed by atoms with Crippen molar-refractivity contribution in [2.24, 2.45) is 0 Å². The number of fused-ring (bicyclic) bond motifs is 1. The van der Waals surface area contributed by atoms with E-state index in [9.17, 15) is 9.59 Å². The molecule has 0 aromatic heterocycles. The molecule has 10 heteroatoms. The molecule has 1 N–H and O–H groups in total. The van der Waals surface area contributed by atoms with E-state index in [0.717, 1.165) is 5.56 Å². The Bertz CT molecular complexity index is 1120. The van der Waals surface area contributed by atoms with Crippen molar-refractivity contribution in [1.29, 1.82) is 0 Å². The van der Waals surface area contributed by atoms with Gasteiger partial charge in [-0.2, -0.15) is 0 Å². The fourth-order valence-electron chi connectivity index (χ4n) is 3.21. The van der Waals surface area contributed by atoms with Crippen LogP contribution in [-0.2, 0) is 4.79 Å². The van der Waals surface area contributed by atoms with Crippen LogP contribution < -0.4 is 24.3 Å². The number of nitrogens with one attached hydrogen (secondary N) is 1. The fourth-order valence-corrected chi connectivity index (χ4v) is 4.52. The molecule has 0 spiro atoms. The molecule has 2 aliphatic heterocycles. The highest BCUT2D eigenvalue weighted by Crippen LogP contribution is 2.36. The van der Waals surface area contributed by atoms with Gasteiger partial charge in [0.1, 0.15) is 4.32 Å². The van der Waals surface area contributed by atoms with Crippen molar-refractivity contribution in [2.75, 3.05) is 34.1 Å². The Kier molecular flexibility index (Phi) is 6.52. The van der Waals surface area contributed by atoms with E-state index in [0.29, 0.717) is 37.8 Å². The predicted octanol–water partition coefficient (Wildman–Crippen LogP) is 3.06. The second-order valence-corrected chi connectivity index (χ2v) is 8.45. The average Bonchev–Trinajstić information content (AvgIpc) is 3.37. The summed E-state index contributed by atoms with van der Waals surface area (Å²) in [5, 5.41) is 2.80. The summed E-state index contributed by atoms with van der Waals surface area (Å²) in [5.74, 6) is 1.85. The summed E-state index contributed by atoms with van der Waals surface area (Å²) in [4.78, 5) is 27.3. The van der Waals surface area contributed by atoms with Crippen molar-refractivity contribution >= 4 is 46.2 Å². The van der Waals surface area contributed by atoms with Crippen LogP contribution in [0.4, 0.5) is 0 Å². The third-order valence-electron chi connectivity index (χ3n) is 4.83. The van der Waals surface area contributed by atoms with Gasteiger partial charge in [-0.1, -0.05) is 30.0 Å². The Morgan fingerprint density at radius 2 is 1.94 bits per heavy atom. The van der Waals surface area contributed by atoms with E-state index in [1.165, 1.54) is 30.9 Å². The van der Waals surface area contributed by atoms with Gasteiger partial charge in [0.2, 0.25) is 6.79 Å². The molecule has 2 aromatic rings. The van der Waals surface area contributed by atoms with E-state index < -0.39 is 0 Å². The van der Waals surface area contributed by atoms with E-state index in [-0.39, 0.29) is 31.7 Å². The molecule has 0 bridgehead atoms. The zero-order chi connectivity index (χ0) is 22.7. The lowest BCUT2D eigenvalue weighted by molar-refractivity contribution is -0.122. The van der Waals surface area contributed by atoms with Gasteiger partial charge in [-0.05, 0) is 42.0 Å². The van der Waals surface area contributed by atoms with E-state index in [4.69, 9.17) is 31.2 Å². The molecule has 0 aliphatic carbocycles. The maximum atomic E-state index is 12.8. The molecular weight excluding hydrogens is 452 g/mol. The van der Waals surface area contributed by atoms with Crippen molar-refractivity contribution in [3.8, 4) is 23.0 Å². The fraction of sp³-hybridized carbons (Fsp3) is 0.227. The summed E-state index contributed by atoms with van der Waals surface area (Å²) < 4.78 is 21.5. The average molecular weight is 473 g/mol. The quantitative estimate of drug-likeness (QED) is 0.486. The lowest BCUT2D eigenvalue weighted by Gasteiger charge is -2.15. The number of rotatable bonds is 7. The summed E-state index contributed by atoms with van der Waals surface area (Å²) in [6.07, 6.45) is 1.77. The number of benzene rings is 2. The third kappa shape index (κ3) is 4.51.